The zero-order valence-electron chi connectivity index (χ0n) is 11.4. The molecule has 0 atom stereocenters. The first-order valence-electron chi connectivity index (χ1n) is 6.56. The number of rotatable bonds is 7. The van der Waals surface area contributed by atoms with Crippen LogP contribution in [0.5, 0.6) is 0 Å². The van der Waals surface area contributed by atoms with Crippen LogP contribution in [0.1, 0.15) is 6.42 Å². The van der Waals surface area contributed by atoms with Gasteiger partial charge in [0.05, 0.1) is 25.3 Å². The molecule has 0 spiro atoms. The minimum Gasteiger partial charge on any atom is -0.396 e. The van der Waals surface area contributed by atoms with Gasteiger partial charge in [0.1, 0.15) is 4.08 Å². The molecule has 2 amide bonds. The smallest absolute Gasteiger partial charge is 0.260 e. The molecule has 1 aliphatic heterocycles. The van der Waals surface area contributed by atoms with Crippen molar-refractivity contribution in [1.29, 1.82) is 0 Å². The van der Waals surface area contributed by atoms with Crippen molar-refractivity contribution in [1.82, 2.24) is 0 Å². The molecule has 0 aromatic heterocycles. The summed E-state index contributed by atoms with van der Waals surface area (Å²) < 4.78 is -0.946. The van der Waals surface area contributed by atoms with E-state index in [0.717, 1.165) is 0 Å². The van der Waals surface area contributed by atoms with E-state index in [9.17, 15) is 9.59 Å². The number of anilines is 1. The van der Waals surface area contributed by atoms with Gasteiger partial charge in [0.25, 0.3) is 5.91 Å². The third kappa shape index (κ3) is 3.42. The predicted octanol–water partition coefficient (Wildman–Crippen LogP) is 1.10. The second kappa shape index (κ2) is 7.31. The van der Waals surface area contributed by atoms with Crippen LogP contribution in [0.3, 0.4) is 0 Å². The third-order valence-corrected chi connectivity index (χ3v) is 6.08. The van der Waals surface area contributed by atoms with Crippen LogP contribution in [0.25, 0.3) is 0 Å². The van der Waals surface area contributed by atoms with Crippen LogP contribution >= 0.6 is 23.5 Å². The maximum atomic E-state index is 12.8. The molecule has 0 radical (unpaired) electrons. The Labute approximate surface area is 131 Å². The Balaban J connectivity index is 2.27. The van der Waals surface area contributed by atoms with Crippen LogP contribution in [0.15, 0.2) is 30.3 Å². The van der Waals surface area contributed by atoms with Gasteiger partial charge in [-0.25, -0.2) is 4.90 Å². The number of hydrogen-bond acceptors (Lipinski definition) is 6. The van der Waals surface area contributed by atoms with Crippen molar-refractivity contribution in [2.45, 2.75) is 10.5 Å². The van der Waals surface area contributed by atoms with Crippen LogP contribution < -0.4 is 4.90 Å². The van der Waals surface area contributed by atoms with Gasteiger partial charge in [-0.15, -0.1) is 23.5 Å². The largest absolute Gasteiger partial charge is 0.396 e. The fourth-order valence-corrected chi connectivity index (χ4v) is 4.72. The number of imide groups is 1. The first-order chi connectivity index (χ1) is 10.1. The molecule has 0 saturated carbocycles. The van der Waals surface area contributed by atoms with Gasteiger partial charge >= 0.3 is 0 Å². The fraction of sp³-hybridized carbons (Fsp3) is 0.429. The van der Waals surface area contributed by atoms with Crippen molar-refractivity contribution in [3.63, 3.8) is 0 Å². The number of hydrogen-bond donors (Lipinski definition) is 2. The standard InChI is InChI=1S/C14H17NO4S2/c16-6-8-20-14(21-9-7-17)10-12(18)15(13(14)19)11-4-2-1-3-5-11/h1-5,16-17H,6-10H2. The number of amides is 2. The number of para-hydroxylation sites is 1. The molecule has 0 unspecified atom stereocenters. The highest BCUT2D eigenvalue weighted by Crippen LogP contribution is 2.47. The van der Waals surface area contributed by atoms with Crippen molar-refractivity contribution in [3.8, 4) is 0 Å². The van der Waals surface area contributed by atoms with E-state index in [0.29, 0.717) is 17.2 Å². The molecule has 0 aliphatic carbocycles. The normalized spacial score (nSPS) is 17.5. The number of benzene rings is 1. The molecular formula is C14H17NO4S2. The molecule has 1 aromatic carbocycles. The van der Waals surface area contributed by atoms with Crippen LogP contribution in [0, 0.1) is 0 Å². The highest BCUT2D eigenvalue weighted by atomic mass is 32.2. The first kappa shape index (κ1) is 16.4. The van der Waals surface area contributed by atoms with E-state index in [1.54, 1.807) is 24.3 Å². The van der Waals surface area contributed by atoms with E-state index < -0.39 is 4.08 Å². The summed E-state index contributed by atoms with van der Waals surface area (Å²) in [7, 11) is 0. The summed E-state index contributed by atoms with van der Waals surface area (Å²) in [4.78, 5) is 26.2. The van der Waals surface area contributed by atoms with Gasteiger partial charge in [-0.2, -0.15) is 0 Å². The summed E-state index contributed by atoms with van der Waals surface area (Å²) >= 11 is 2.54. The van der Waals surface area contributed by atoms with Crippen molar-refractivity contribution >= 4 is 41.0 Å². The number of aliphatic hydroxyl groups is 2. The average molecular weight is 327 g/mol. The summed E-state index contributed by atoms with van der Waals surface area (Å²) in [5, 5.41) is 18.0. The lowest BCUT2D eigenvalue weighted by Gasteiger charge is -2.25. The maximum Gasteiger partial charge on any atom is 0.260 e. The Hall–Kier alpha value is -1.02. The summed E-state index contributed by atoms with van der Waals surface area (Å²) in [6.45, 7) is -0.113. The fourth-order valence-electron chi connectivity index (χ4n) is 2.16. The molecule has 2 rings (SSSR count). The van der Waals surface area contributed by atoms with E-state index in [4.69, 9.17) is 10.2 Å². The van der Waals surface area contributed by atoms with Crippen molar-refractivity contribution in [3.05, 3.63) is 30.3 Å². The molecule has 0 bridgehead atoms. The Morgan fingerprint density at radius 2 is 1.62 bits per heavy atom. The zero-order chi connectivity index (χ0) is 15.3. The van der Waals surface area contributed by atoms with Gasteiger partial charge in [0, 0.05) is 11.5 Å². The molecular weight excluding hydrogens is 310 g/mol. The number of nitrogens with zero attached hydrogens (tertiary/aromatic N) is 1. The van der Waals surface area contributed by atoms with E-state index >= 15 is 0 Å². The number of thioether (sulfide) groups is 2. The lowest BCUT2D eigenvalue weighted by Crippen LogP contribution is -2.37. The number of aliphatic hydroxyl groups excluding tert-OH is 2. The van der Waals surface area contributed by atoms with Gasteiger partial charge < -0.3 is 10.2 Å². The molecule has 1 aromatic rings. The molecule has 1 fully saturated rings. The average Bonchev–Trinajstić information content (AvgIpc) is 2.75. The van der Waals surface area contributed by atoms with Crippen molar-refractivity contribution in [2.75, 3.05) is 29.6 Å². The quantitative estimate of drug-likeness (QED) is 0.577. The van der Waals surface area contributed by atoms with Crippen molar-refractivity contribution in [2.24, 2.45) is 0 Å². The number of carbonyl (C=O) groups is 2. The summed E-state index contributed by atoms with van der Waals surface area (Å²) in [6.07, 6.45) is 0.0794. The maximum absolute atomic E-state index is 12.8. The topological polar surface area (TPSA) is 77.8 Å². The van der Waals surface area contributed by atoms with Crippen molar-refractivity contribution < 1.29 is 19.8 Å². The Kier molecular flexibility index (Phi) is 5.69. The molecule has 7 heteroatoms. The Bertz CT molecular complexity index is 501. The highest BCUT2D eigenvalue weighted by Gasteiger charge is 2.52. The second-order valence-corrected chi connectivity index (χ2v) is 7.49. The van der Waals surface area contributed by atoms with Crippen LogP contribution in [0.4, 0.5) is 5.69 Å². The zero-order valence-corrected chi connectivity index (χ0v) is 13.0. The second-order valence-electron chi connectivity index (χ2n) is 4.44. The molecule has 21 heavy (non-hydrogen) atoms. The van der Waals surface area contributed by atoms with Gasteiger partial charge in [-0.05, 0) is 12.1 Å². The van der Waals surface area contributed by atoms with Crippen LogP contribution in [0.2, 0.25) is 0 Å². The Morgan fingerprint density at radius 3 is 2.14 bits per heavy atom. The minimum atomic E-state index is -0.946. The lowest BCUT2D eigenvalue weighted by atomic mass is 10.3. The molecule has 1 aliphatic rings. The molecule has 1 saturated heterocycles. The summed E-state index contributed by atoms with van der Waals surface area (Å²) in [6, 6.07) is 8.82. The van der Waals surface area contributed by atoms with Gasteiger partial charge in [0.15, 0.2) is 0 Å². The third-order valence-electron chi connectivity index (χ3n) is 3.03. The van der Waals surface area contributed by atoms with E-state index in [1.807, 2.05) is 6.07 Å². The van der Waals surface area contributed by atoms with Gasteiger partial charge in [-0.1, -0.05) is 18.2 Å². The SMILES string of the molecule is O=C1CC(SCCO)(SCCO)C(=O)N1c1ccccc1. The minimum absolute atomic E-state index is 0.0566. The monoisotopic (exact) mass is 327 g/mol. The number of carbonyl (C=O) groups excluding carboxylic acids is 2. The molecule has 1 heterocycles. The molecule has 2 N–H and O–H groups in total. The first-order valence-corrected chi connectivity index (χ1v) is 8.54. The van der Waals surface area contributed by atoms with Gasteiger partial charge in [-0.3, -0.25) is 9.59 Å². The summed E-state index contributed by atoms with van der Waals surface area (Å²) in [5.41, 5.74) is 0.559. The molecule has 114 valence electrons. The van der Waals surface area contributed by atoms with E-state index in [1.165, 1.54) is 28.4 Å². The predicted molar refractivity (Wildman–Crippen MR) is 85.4 cm³/mol. The van der Waals surface area contributed by atoms with Crippen LogP contribution in [-0.2, 0) is 9.59 Å². The molecule has 5 nitrogen and oxygen atoms in total. The van der Waals surface area contributed by atoms with Gasteiger partial charge in [0.2, 0.25) is 5.91 Å². The Morgan fingerprint density at radius 1 is 1.05 bits per heavy atom. The van der Waals surface area contributed by atoms with E-state index in [-0.39, 0.29) is 31.4 Å². The van der Waals surface area contributed by atoms with E-state index in [2.05, 4.69) is 0 Å². The highest BCUT2D eigenvalue weighted by molar-refractivity contribution is 8.19. The lowest BCUT2D eigenvalue weighted by molar-refractivity contribution is -0.121. The summed E-state index contributed by atoms with van der Waals surface area (Å²) in [5.74, 6) is 0.220. The van der Waals surface area contributed by atoms with Crippen LogP contribution in [-0.4, -0.2) is 50.8 Å².